The highest BCUT2D eigenvalue weighted by molar-refractivity contribution is 9.10. The van der Waals surface area contributed by atoms with Gasteiger partial charge in [-0.25, -0.2) is 0 Å². The first-order valence-electron chi connectivity index (χ1n) is 7.82. The third-order valence-corrected chi connectivity index (χ3v) is 5.31. The lowest BCUT2D eigenvalue weighted by Crippen LogP contribution is -2.38. The van der Waals surface area contributed by atoms with Gasteiger partial charge in [0, 0.05) is 10.5 Å². The van der Waals surface area contributed by atoms with Gasteiger partial charge in [-0.1, -0.05) is 41.3 Å². The zero-order valence-electron chi connectivity index (χ0n) is 11.6. The molecule has 0 bridgehead atoms. The van der Waals surface area contributed by atoms with Crippen LogP contribution in [0.1, 0.15) is 49.7 Å². The molecule has 0 saturated heterocycles. The van der Waals surface area contributed by atoms with Gasteiger partial charge in [-0.05, 0) is 67.8 Å². The summed E-state index contributed by atoms with van der Waals surface area (Å²) in [5.41, 5.74) is 3.10. The molecule has 1 N–H and O–H groups in total. The van der Waals surface area contributed by atoms with Gasteiger partial charge in [0.25, 0.3) is 0 Å². The molecule has 1 aromatic rings. The second-order valence-corrected chi connectivity index (χ2v) is 7.18. The molecule has 19 heavy (non-hydrogen) atoms. The van der Waals surface area contributed by atoms with Crippen molar-refractivity contribution in [3.05, 3.63) is 33.8 Å². The minimum absolute atomic E-state index is 0.704. The van der Waals surface area contributed by atoms with Crippen molar-refractivity contribution in [3.63, 3.8) is 0 Å². The van der Waals surface area contributed by atoms with E-state index in [1.165, 1.54) is 62.4 Å². The molecular weight excluding hydrogens is 298 g/mol. The van der Waals surface area contributed by atoms with E-state index in [0.29, 0.717) is 6.04 Å². The lowest BCUT2D eigenvalue weighted by Gasteiger charge is -2.29. The fourth-order valence-corrected chi connectivity index (χ4v) is 4.03. The summed E-state index contributed by atoms with van der Waals surface area (Å²) in [4.78, 5) is 0. The molecule has 1 unspecified atom stereocenters. The number of aryl methyl sites for hydroxylation is 1. The van der Waals surface area contributed by atoms with E-state index in [1.54, 1.807) is 11.1 Å². The number of rotatable bonds is 3. The highest BCUT2D eigenvalue weighted by Gasteiger charge is 2.20. The highest BCUT2D eigenvalue weighted by Crippen LogP contribution is 2.26. The van der Waals surface area contributed by atoms with Crippen molar-refractivity contribution >= 4 is 15.9 Å². The Labute approximate surface area is 125 Å². The van der Waals surface area contributed by atoms with E-state index in [0.717, 1.165) is 5.92 Å². The summed E-state index contributed by atoms with van der Waals surface area (Å²) in [5, 5.41) is 3.84. The topological polar surface area (TPSA) is 12.0 Å². The maximum atomic E-state index is 3.84. The molecule has 104 valence electrons. The van der Waals surface area contributed by atoms with Gasteiger partial charge in [-0.2, -0.15) is 0 Å². The zero-order chi connectivity index (χ0) is 13.1. The molecule has 2 aliphatic rings. The summed E-state index contributed by atoms with van der Waals surface area (Å²) in [6.07, 6.45) is 11.0. The van der Waals surface area contributed by atoms with Crippen molar-refractivity contribution in [2.45, 2.75) is 57.4 Å². The van der Waals surface area contributed by atoms with Crippen LogP contribution in [-0.4, -0.2) is 12.6 Å². The molecule has 3 rings (SSSR count). The molecule has 1 fully saturated rings. The molecule has 0 spiro atoms. The average molecular weight is 322 g/mol. The van der Waals surface area contributed by atoms with E-state index in [1.807, 2.05) is 0 Å². The average Bonchev–Trinajstić information content (AvgIpc) is 2.46. The molecule has 0 aliphatic heterocycles. The summed E-state index contributed by atoms with van der Waals surface area (Å²) >= 11 is 3.57. The predicted molar refractivity (Wildman–Crippen MR) is 84.5 cm³/mol. The van der Waals surface area contributed by atoms with Crippen molar-refractivity contribution in [2.24, 2.45) is 5.92 Å². The molecule has 2 heteroatoms. The first-order valence-corrected chi connectivity index (χ1v) is 8.61. The summed E-state index contributed by atoms with van der Waals surface area (Å²) in [5.74, 6) is 0.945. The highest BCUT2D eigenvalue weighted by atomic mass is 79.9. The first-order chi connectivity index (χ1) is 9.31. The van der Waals surface area contributed by atoms with Gasteiger partial charge >= 0.3 is 0 Å². The van der Waals surface area contributed by atoms with Gasteiger partial charge in [-0.3, -0.25) is 0 Å². The van der Waals surface area contributed by atoms with Crippen LogP contribution >= 0.6 is 15.9 Å². The number of fused-ring (bicyclic) bond motifs is 1. The Bertz CT molecular complexity index is 423. The largest absolute Gasteiger partial charge is 0.313 e. The standard InChI is InChI=1S/C17H24BrN/c18-16-8-6-15-11-17(9-7-14(15)10-16)19-12-13-4-2-1-3-5-13/h6,8,10,13,17,19H,1-5,7,9,11-12H2. The molecule has 0 heterocycles. The number of hydrogen-bond acceptors (Lipinski definition) is 1. The molecule has 2 aliphatic carbocycles. The Morgan fingerprint density at radius 3 is 2.74 bits per heavy atom. The van der Waals surface area contributed by atoms with Crippen LogP contribution in [0.5, 0.6) is 0 Å². The lowest BCUT2D eigenvalue weighted by atomic mass is 9.86. The Kier molecular flexibility index (Phi) is 4.60. The normalized spacial score (nSPS) is 24.2. The fourth-order valence-electron chi connectivity index (χ4n) is 3.62. The Morgan fingerprint density at radius 1 is 1.05 bits per heavy atom. The van der Waals surface area contributed by atoms with E-state index in [2.05, 4.69) is 39.4 Å². The van der Waals surface area contributed by atoms with Crippen molar-refractivity contribution in [3.8, 4) is 0 Å². The summed E-state index contributed by atoms with van der Waals surface area (Å²) in [6.45, 7) is 1.25. The maximum Gasteiger partial charge on any atom is 0.0178 e. The molecule has 1 aromatic carbocycles. The summed E-state index contributed by atoms with van der Waals surface area (Å²) in [6, 6.07) is 7.48. The number of hydrogen-bond donors (Lipinski definition) is 1. The van der Waals surface area contributed by atoms with Gasteiger partial charge < -0.3 is 5.32 Å². The number of nitrogens with one attached hydrogen (secondary N) is 1. The van der Waals surface area contributed by atoms with Crippen molar-refractivity contribution in [1.82, 2.24) is 5.32 Å². The van der Waals surface area contributed by atoms with Crippen LogP contribution in [-0.2, 0) is 12.8 Å². The number of halogens is 1. The molecule has 0 radical (unpaired) electrons. The van der Waals surface area contributed by atoms with Crippen LogP contribution in [0, 0.1) is 5.92 Å². The Balaban J connectivity index is 1.52. The van der Waals surface area contributed by atoms with Gasteiger partial charge in [0.15, 0.2) is 0 Å². The van der Waals surface area contributed by atoms with Crippen molar-refractivity contribution in [1.29, 1.82) is 0 Å². The van der Waals surface area contributed by atoms with Gasteiger partial charge in [0.1, 0.15) is 0 Å². The SMILES string of the molecule is Brc1ccc2c(c1)CCC(NCC1CCCCC1)C2. The van der Waals surface area contributed by atoms with E-state index in [9.17, 15) is 0 Å². The minimum atomic E-state index is 0.704. The minimum Gasteiger partial charge on any atom is -0.313 e. The van der Waals surface area contributed by atoms with E-state index < -0.39 is 0 Å². The van der Waals surface area contributed by atoms with Crippen LogP contribution in [0.25, 0.3) is 0 Å². The van der Waals surface area contributed by atoms with E-state index in [4.69, 9.17) is 0 Å². The third-order valence-electron chi connectivity index (χ3n) is 4.82. The Morgan fingerprint density at radius 2 is 1.89 bits per heavy atom. The fraction of sp³-hybridized carbons (Fsp3) is 0.647. The van der Waals surface area contributed by atoms with Gasteiger partial charge in [0.05, 0.1) is 0 Å². The smallest absolute Gasteiger partial charge is 0.0178 e. The van der Waals surface area contributed by atoms with Crippen LogP contribution < -0.4 is 5.32 Å². The third kappa shape index (κ3) is 3.61. The monoisotopic (exact) mass is 321 g/mol. The zero-order valence-corrected chi connectivity index (χ0v) is 13.2. The van der Waals surface area contributed by atoms with E-state index >= 15 is 0 Å². The quantitative estimate of drug-likeness (QED) is 0.865. The van der Waals surface area contributed by atoms with Crippen molar-refractivity contribution in [2.75, 3.05) is 6.54 Å². The van der Waals surface area contributed by atoms with Crippen LogP contribution in [0.15, 0.2) is 22.7 Å². The van der Waals surface area contributed by atoms with E-state index in [-0.39, 0.29) is 0 Å². The van der Waals surface area contributed by atoms with Gasteiger partial charge in [0.2, 0.25) is 0 Å². The molecule has 1 atom stereocenters. The molecule has 1 nitrogen and oxygen atoms in total. The van der Waals surface area contributed by atoms with Crippen LogP contribution in [0.2, 0.25) is 0 Å². The predicted octanol–water partition coefficient (Wildman–Crippen LogP) is 4.48. The molecular formula is C17H24BrN. The lowest BCUT2D eigenvalue weighted by molar-refractivity contribution is 0.319. The Hall–Kier alpha value is -0.340. The summed E-state index contributed by atoms with van der Waals surface area (Å²) < 4.78 is 1.22. The van der Waals surface area contributed by atoms with Crippen molar-refractivity contribution < 1.29 is 0 Å². The molecule has 1 saturated carbocycles. The summed E-state index contributed by atoms with van der Waals surface area (Å²) in [7, 11) is 0. The second kappa shape index (κ2) is 6.41. The molecule has 0 amide bonds. The van der Waals surface area contributed by atoms with Gasteiger partial charge in [-0.15, -0.1) is 0 Å². The molecule has 0 aromatic heterocycles. The first kappa shape index (κ1) is 13.6. The van der Waals surface area contributed by atoms with Crippen LogP contribution in [0.3, 0.4) is 0 Å². The number of benzene rings is 1. The van der Waals surface area contributed by atoms with Crippen LogP contribution in [0.4, 0.5) is 0 Å². The second-order valence-electron chi connectivity index (χ2n) is 6.27. The maximum absolute atomic E-state index is 3.84.